The van der Waals surface area contributed by atoms with Gasteiger partial charge in [-0.1, -0.05) is 0 Å². The van der Waals surface area contributed by atoms with E-state index < -0.39 is 23.5 Å². The molecule has 4 N–H and O–H groups in total. The molecule has 0 fully saturated rings. The first-order chi connectivity index (χ1) is 6.32. The Morgan fingerprint density at radius 3 is 2.20 bits per heavy atom. The van der Waals surface area contributed by atoms with Gasteiger partial charge in [-0.05, 0) is 18.2 Å². The van der Waals surface area contributed by atoms with Crippen molar-refractivity contribution in [3.05, 3.63) is 23.8 Å². The standard InChI is InChI=1S/C8H8F3NO2.ClH/c9-8(10,11)7(12)5-3-4(13)1-2-6(5)14;/h1-3,7,13-14H,12H2;1H/t7-;/m0./s1. The van der Waals surface area contributed by atoms with E-state index in [2.05, 4.69) is 0 Å². The zero-order chi connectivity index (χ0) is 10.9. The van der Waals surface area contributed by atoms with E-state index in [1.165, 1.54) is 0 Å². The van der Waals surface area contributed by atoms with E-state index in [9.17, 15) is 13.2 Å². The fourth-order valence-electron chi connectivity index (χ4n) is 0.967. The van der Waals surface area contributed by atoms with Gasteiger partial charge in [-0.15, -0.1) is 12.4 Å². The van der Waals surface area contributed by atoms with Crippen molar-refractivity contribution >= 4 is 12.4 Å². The largest absolute Gasteiger partial charge is 0.508 e. The van der Waals surface area contributed by atoms with Crippen molar-refractivity contribution < 1.29 is 23.4 Å². The first-order valence-electron chi connectivity index (χ1n) is 3.66. The Balaban J connectivity index is 0.00000196. The fraction of sp³-hybridized carbons (Fsp3) is 0.250. The average Bonchev–Trinajstić information content (AvgIpc) is 2.06. The topological polar surface area (TPSA) is 66.5 Å². The molecule has 86 valence electrons. The summed E-state index contributed by atoms with van der Waals surface area (Å²) in [6.45, 7) is 0. The van der Waals surface area contributed by atoms with Crippen molar-refractivity contribution in [2.45, 2.75) is 12.2 Å². The van der Waals surface area contributed by atoms with Gasteiger partial charge in [0.1, 0.15) is 17.5 Å². The van der Waals surface area contributed by atoms with Crippen LogP contribution in [0.5, 0.6) is 11.5 Å². The second kappa shape index (κ2) is 4.59. The number of rotatable bonds is 1. The first kappa shape index (κ1) is 13.9. The number of benzene rings is 1. The van der Waals surface area contributed by atoms with E-state index in [1.54, 1.807) is 0 Å². The normalized spacial score (nSPS) is 13.1. The van der Waals surface area contributed by atoms with Gasteiger partial charge < -0.3 is 15.9 Å². The highest BCUT2D eigenvalue weighted by molar-refractivity contribution is 5.85. The van der Waals surface area contributed by atoms with Crippen molar-refractivity contribution in [1.29, 1.82) is 0 Å². The molecule has 0 aliphatic heterocycles. The predicted molar refractivity (Wildman–Crippen MR) is 50.0 cm³/mol. The van der Waals surface area contributed by atoms with Crippen molar-refractivity contribution in [2.75, 3.05) is 0 Å². The van der Waals surface area contributed by atoms with Crippen molar-refractivity contribution in [1.82, 2.24) is 0 Å². The van der Waals surface area contributed by atoms with Crippen LogP contribution < -0.4 is 5.73 Å². The van der Waals surface area contributed by atoms with Crippen LogP contribution in [0.4, 0.5) is 13.2 Å². The maximum absolute atomic E-state index is 12.1. The molecular weight excluding hydrogens is 235 g/mol. The van der Waals surface area contributed by atoms with Crippen LogP contribution in [-0.4, -0.2) is 16.4 Å². The Morgan fingerprint density at radius 2 is 1.73 bits per heavy atom. The second-order valence-corrected chi connectivity index (χ2v) is 2.76. The van der Waals surface area contributed by atoms with Crippen molar-refractivity contribution in [3.8, 4) is 11.5 Å². The molecule has 1 aromatic carbocycles. The summed E-state index contributed by atoms with van der Waals surface area (Å²) in [5.74, 6) is -0.967. The molecule has 0 aliphatic carbocycles. The molecule has 0 unspecified atom stereocenters. The minimum atomic E-state index is -4.65. The summed E-state index contributed by atoms with van der Waals surface area (Å²) in [6.07, 6.45) is -4.65. The van der Waals surface area contributed by atoms with Crippen LogP contribution in [0.15, 0.2) is 18.2 Å². The molecule has 0 radical (unpaired) electrons. The van der Waals surface area contributed by atoms with Crippen LogP contribution in [0.3, 0.4) is 0 Å². The van der Waals surface area contributed by atoms with Gasteiger partial charge in [0.05, 0.1) is 0 Å². The van der Waals surface area contributed by atoms with Gasteiger partial charge in [0.15, 0.2) is 0 Å². The van der Waals surface area contributed by atoms with Gasteiger partial charge in [-0.25, -0.2) is 0 Å². The van der Waals surface area contributed by atoms with Crippen molar-refractivity contribution in [3.63, 3.8) is 0 Å². The zero-order valence-corrected chi connectivity index (χ0v) is 8.14. The van der Waals surface area contributed by atoms with E-state index >= 15 is 0 Å². The Labute approximate surface area is 89.7 Å². The van der Waals surface area contributed by atoms with Gasteiger partial charge in [0.25, 0.3) is 0 Å². The predicted octanol–water partition coefficient (Wildman–Crippen LogP) is 2.08. The number of phenolic OH excluding ortho intramolecular Hbond substituents is 2. The Kier molecular flexibility index (Phi) is 4.24. The summed E-state index contributed by atoms with van der Waals surface area (Å²) < 4.78 is 36.4. The number of hydrogen-bond donors (Lipinski definition) is 3. The quantitative estimate of drug-likeness (QED) is 0.662. The molecule has 1 rings (SSSR count). The third-order valence-electron chi connectivity index (χ3n) is 1.70. The number of alkyl halides is 3. The number of phenols is 2. The summed E-state index contributed by atoms with van der Waals surface area (Å²) in [7, 11) is 0. The van der Waals surface area contributed by atoms with Gasteiger partial charge in [-0.2, -0.15) is 13.2 Å². The maximum atomic E-state index is 12.1. The average molecular weight is 244 g/mol. The lowest BCUT2D eigenvalue weighted by molar-refractivity contribution is -0.149. The van der Waals surface area contributed by atoms with E-state index in [-0.39, 0.29) is 18.2 Å². The van der Waals surface area contributed by atoms with Crippen molar-refractivity contribution in [2.24, 2.45) is 5.73 Å². The van der Waals surface area contributed by atoms with E-state index in [0.29, 0.717) is 0 Å². The van der Waals surface area contributed by atoms with Crippen LogP contribution >= 0.6 is 12.4 Å². The molecule has 0 spiro atoms. The maximum Gasteiger partial charge on any atom is 0.407 e. The smallest absolute Gasteiger partial charge is 0.407 e. The summed E-state index contributed by atoms with van der Waals surface area (Å²) in [5, 5.41) is 18.0. The molecule has 0 heterocycles. The summed E-state index contributed by atoms with van der Waals surface area (Å²) in [5.41, 5.74) is 4.30. The molecule has 0 amide bonds. The molecule has 15 heavy (non-hydrogen) atoms. The van der Waals surface area contributed by atoms with Crippen LogP contribution in [0.25, 0.3) is 0 Å². The number of hydrogen-bond acceptors (Lipinski definition) is 3. The molecule has 3 nitrogen and oxygen atoms in total. The Hall–Kier alpha value is -1.14. The van der Waals surface area contributed by atoms with E-state index in [0.717, 1.165) is 18.2 Å². The second-order valence-electron chi connectivity index (χ2n) is 2.76. The molecule has 1 aromatic rings. The molecule has 0 aromatic heterocycles. The van der Waals surface area contributed by atoms with E-state index in [4.69, 9.17) is 15.9 Å². The first-order valence-corrected chi connectivity index (χ1v) is 3.66. The Morgan fingerprint density at radius 1 is 1.20 bits per heavy atom. The lowest BCUT2D eigenvalue weighted by Gasteiger charge is -2.16. The van der Waals surface area contributed by atoms with E-state index in [1.807, 2.05) is 0 Å². The zero-order valence-electron chi connectivity index (χ0n) is 7.32. The molecule has 0 bridgehead atoms. The highest BCUT2D eigenvalue weighted by Gasteiger charge is 2.39. The monoisotopic (exact) mass is 243 g/mol. The Bertz CT molecular complexity index is 343. The highest BCUT2D eigenvalue weighted by Crippen LogP contribution is 2.36. The number of halogens is 4. The third kappa shape index (κ3) is 3.17. The summed E-state index contributed by atoms with van der Waals surface area (Å²) >= 11 is 0. The highest BCUT2D eigenvalue weighted by atomic mass is 35.5. The molecule has 0 aliphatic rings. The lowest BCUT2D eigenvalue weighted by Crippen LogP contribution is -2.28. The number of aromatic hydroxyl groups is 2. The fourth-order valence-corrected chi connectivity index (χ4v) is 0.967. The molecule has 0 saturated heterocycles. The molecule has 1 atom stereocenters. The minimum Gasteiger partial charge on any atom is -0.508 e. The minimum absolute atomic E-state index is 0. The van der Waals surface area contributed by atoms with Crippen LogP contribution in [0, 0.1) is 0 Å². The van der Waals surface area contributed by atoms with Crippen LogP contribution in [-0.2, 0) is 0 Å². The molecule has 7 heteroatoms. The van der Waals surface area contributed by atoms with Crippen LogP contribution in [0.1, 0.15) is 11.6 Å². The lowest BCUT2D eigenvalue weighted by atomic mass is 10.1. The van der Waals surface area contributed by atoms with Crippen LogP contribution in [0.2, 0.25) is 0 Å². The molecule has 0 saturated carbocycles. The van der Waals surface area contributed by atoms with Gasteiger partial charge in [0, 0.05) is 5.56 Å². The molecular formula is C8H9ClF3NO2. The third-order valence-corrected chi connectivity index (χ3v) is 1.70. The van der Waals surface area contributed by atoms with Gasteiger partial charge >= 0.3 is 6.18 Å². The van der Waals surface area contributed by atoms with Gasteiger partial charge in [0.2, 0.25) is 0 Å². The SMILES string of the molecule is Cl.N[C@@H](c1cc(O)ccc1O)C(F)(F)F. The summed E-state index contributed by atoms with van der Waals surface area (Å²) in [4.78, 5) is 0. The number of nitrogens with two attached hydrogens (primary N) is 1. The summed E-state index contributed by atoms with van der Waals surface area (Å²) in [6, 6.07) is 0.515. The van der Waals surface area contributed by atoms with Gasteiger partial charge in [-0.3, -0.25) is 0 Å².